The van der Waals surface area contributed by atoms with E-state index in [9.17, 15) is 44.1 Å². The van der Waals surface area contributed by atoms with E-state index in [4.69, 9.17) is 9.47 Å². The molecule has 0 N–H and O–H groups in total. The van der Waals surface area contributed by atoms with E-state index in [0.717, 1.165) is 0 Å². The standard InChI is InChI=1S/C16H25F6NO7S/c1-13(2,3)30-12(24)23-6-4-11(5-7-23)28-8-9-29-14(15(17,18)19,16(20,21)22)10-31(25,26)27/h11H,4-10H2,1-3H3,(H,25,26,27)/p-1. The number of likely N-dealkylation sites (tertiary alicyclic amines) is 1. The largest absolute Gasteiger partial charge is 0.748 e. The van der Waals surface area contributed by atoms with Crippen LogP contribution in [0.3, 0.4) is 0 Å². The van der Waals surface area contributed by atoms with Crippen LogP contribution in [0.4, 0.5) is 31.1 Å². The quantitative estimate of drug-likeness (QED) is 0.308. The summed E-state index contributed by atoms with van der Waals surface area (Å²) in [5.41, 5.74) is -5.87. The third-order valence-electron chi connectivity index (χ3n) is 4.17. The van der Waals surface area contributed by atoms with Crippen molar-refractivity contribution < 1.29 is 58.3 Å². The Hall–Kier alpha value is -1.32. The van der Waals surface area contributed by atoms with Gasteiger partial charge in [0.05, 0.1) is 35.2 Å². The van der Waals surface area contributed by atoms with Crippen molar-refractivity contribution in [1.29, 1.82) is 0 Å². The lowest BCUT2D eigenvalue weighted by Gasteiger charge is -2.37. The van der Waals surface area contributed by atoms with Crippen molar-refractivity contribution in [3.63, 3.8) is 0 Å². The molecule has 0 bridgehead atoms. The Morgan fingerprint density at radius 1 is 1.00 bits per heavy atom. The van der Waals surface area contributed by atoms with Gasteiger partial charge in [0.25, 0.3) is 5.60 Å². The van der Waals surface area contributed by atoms with Crippen LogP contribution >= 0.6 is 0 Å². The van der Waals surface area contributed by atoms with Gasteiger partial charge in [-0.05, 0) is 33.6 Å². The van der Waals surface area contributed by atoms with Crippen molar-refractivity contribution in [3.8, 4) is 0 Å². The van der Waals surface area contributed by atoms with Gasteiger partial charge in [-0.1, -0.05) is 0 Å². The normalized spacial score (nSPS) is 17.7. The second-order valence-corrected chi connectivity index (χ2v) is 9.31. The summed E-state index contributed by atoms with van der Waals surface area (Å²) in [7, 11) is -5.94. The van der Waals surface area contributed by atoms with Crippen LogP contribution in [0.1, 0.15) is 33.6 Å². The number of ether oxygens (including phenoxy) is 3. The predicted octanol–water partition coefficient (Wildman–Crippen LogP) is 2.83. The molecule has 0 aliphatic carbocycles. The van der Waals surface area contributed by atoms with Crippen LogP contribution in [0.2, 0.25) is 0 Å². The van der Waals surface area contributed by atoms with Gasteiger partial charge in [-0.25, -0.2) is 13.2 Å². The van der Waals surface area contributed by atoms with E-state index in [1.54, 1.807) is 20.8 Å². The molecule has 0 atom stereocenters. The summed E-state index contributed by atoms with van der Waals surface area (Å²) in [6.07, 6.45) is -13.1. The Kier molecular flexibility index (Phi) is 8.64. The first-order chi connectivity index (χ1) is 13.8. The molecule has 1 aliphatic heterocycles. The molecule has 1 amide bonds. The lowest BCUT2D eigenvalue weighted by molar-refractivity contribution is -0.373. The highest BCUT2D eigenvalue weighted by molar-refractivity contribution is 7.85. The number of hydrogen-bond acceptors (Lipinski definition) is 7. The summed E-state index contributed by atoms with van der Waals surface area (Å²) in [6.45, 7) is 3.46. The van der Waals surface area contributed by atoms with Gasteiger partial charge in [0, 0.05) is 13.1 Å². The van der Waals surface area contributed by atoms with Crippen LogP contribution in [-0.2, 0) is 24.3 Å². The van der Waals surface area contributed by atoms with Crippen LogP contribution in [-0.4, -0.2) is 85.7 Å². The Morgan fingerprint density at radius 2 is 1.48 bits per heavy atom. The average Bonchev–Trinajstić information content (AvgIpc) is 2.53. The maximum atomic E-state index is 13.1. The molecule has 0 spiro atoms. The SMILES string of the molecule is CC(C)(C)OC(=O)N1CCC(OCCOC(CS(=O)(=O)[O-])(C(F)(F)F)C(F)(F)F)CC1. The second kappa shape index (κ2) is 9.67. The molecule has 184 valence electrons. The Bertz CT molecular complexity index is 695. The zero-order valence-electron chi connectivity index (χ0n) is 17.0. The fourth-order valence-corrected chi connectivity index (χ4v) is 3.65. The Balaban J connectivity index is 2.64. The average molecular weight is 488 g/mol. The number of rotatable bonds is 7. The number of carbonyl (C=O) groups is 1. The summed E-state index contributed by atoms with van der Waals surface area (Å²) in [5.74, 6) is -2.85. The van der Waals surface area contributed by atoms with Crippen LogP contribution in [0.5, 0.6) is 0 Å². The van der Waals surface area contributed by atoms with Gasteiger partial charge in [0.15, 0.2) is 0 Å². The molecule has 0 radical (unpaired) electrons. The van der Waals surface area contributed by atoms with Gasteiger partial charge in [0.2, 0.25) is 0 Å². The van der Waals surface area contributed by atoms with Gasteiger partial charge in [-0.15, -0.1) is 0 Å². The minimum atomic E-state index is -6.21. The molecule has 31 heavy (non-hydrogen) atoms. The molecular formula is C16H24F6NO7S-. The zero-order chi connectivity index (χ0) is 24.3. The van der Waals surface area contributed by atoms with Crippen molar-refractivity contribution in [2.45, 2.75) is 63.3 Å². The summed E-state index contributed by atoms with van der Waals surface area (Å²) < 4.78 is 125. The molecule has 0 saturated carbocycles. The maximum absolute atomic E-state index is 13.1. The number of nitrogens with zero attached hydrogens (tertiary/aromatic N) is 1. The summed E-state index contributed by atoms with van der Waals surface area (Å²) in [4.78, 5) is 13.3. The molecular weight excluding hydrogens is 464 g/mol. The van der Waals surface area contributed by atoms with Crippen molar-refractivity contribution >= 4 is 16.2 Å². The van der Waals surface area contributed by atoms with Gasteiger partial charge < -0.3 is 23.7 Å². The molecule has 0 aromatic rings. The smallest absolute Gasteiger partial charge is 0.427 e. The molecule has 1 aliphatic rings. The first-order valence-corrected chi connectivity index (χ1v) is 10.7. The fourth-order valence-electron chi connectivity index (χ4n) is 2.74. The van der Waals surface area contributed by atoms with Crippen LogP contribution in [0, 0.1) is 0 Å². The first-order valence-electron chi connectivity index (χ1n) is 9.08. The Labute approximate surface area is 175 Å². The van der Waals surface area contributed by atoms with Crippen LogP contribution in [0.25, 0.3) is 0 Å². The molecule has 0 unspecified atom stereocenters. The van der Waals surface area contributed by atoms with Crippen molar-refractivity contribution in [3.05, 3.63) is 0 Å². The van der Waals surface area contributed by atoms with E-state index < -0.39 is 64.8 Å². The van der Waals surface area contributed by atoms with E-state index in [1.807, 2.05) is 0 Å². The highest BCUT2D eigenvalue weighted by Gasteiger charge is 2.73. The number of hydrogen-bond donors (Lipinski definition) is 0. The maximum Gasteiger partial charge on any atom is 0.427 e. The van der Waals surface area contributed by atoms with Crippen molar-refractivity contribution in [1.82, 2.24) is 4.90 Å². The number of halogens is 6. The highest BCUT2D eigenvalue weighted by atomic mass is 32.2. The van der Waals surface area contributed by atoms with Crippen LogP contribution < -0.4 is 0 Å². The van der Waals surface area contributed by atoms with Gasteiger partial charge in [-0.2, -0.15) is 26.3 Å². The van der Waals surface area contributed by atoms with Gasteiger partial charge >= 0.3 is 18.4 Å². The molecule has 8 nitrogen and oxygen atoms in total. The summed E-state index contributed by atoms with van der Waals surface area (Å²) in [6, 6.07) is 0. The molecule has 1 rings (SSSR count). The molecule has 0 aromatic carbocycles. The van der Waals surface area contributed by atoms with Gasteiger partial charge in [-0.3, -0.25) is 0 Å². The molecule has 1 heterocycles. The zero-order valence-corrected chi connectivity index (χ0v) is 17.8. The van der Waals surface area contributed by atoms with E-state index in [0.29, 0.717) is 0 Å². The van der Waals surface area contributed by atoms with Gasteiger partial charge in [0.1, 0.15) is 5.60 Å². The second-order valence-electron chi connectivity index (χ2n) is 7.91. The molecule has 15 heteroatoms. The lowest BCUT2D eigenvalue weighted by atomic mass is 10.1. The van der Waals surface area contributed by atoms with E-state index in [1.165, 1.54) is 4.90 Å². The number of carbonyl (C=O) groups excluding carboxylic acids is 1. The fraction of sp³-hybridized carbons (Fsp3) is 0.938. The molecule has 0 aromatic heterocycles. The number of alkyl halides is 6. The Morgan fingerprint density at radius 3 is 1.87 bits per heavy atom. The minimum absolute atomic E-state index is 0.198. The highest BCUT2D eigenvalue weighted by Crippen LogP contribution is 2.46. The lowest BCUT2D eigenvalue weighted by Crippen LogP contribution is -2.63. The van der Waals surface area contributed by atoms with Crippen molar-refractivity contribution in [2.75, 3.05) is 32.1 Å². The third kappa shape index (κ3) is 8.27. The predicted molar refractivity (Wildman–Crippen MR) is 92.1 cm³/mol. The van der Waals surface area contributed by atoms with Crippen molar-refractivity contribution in [2.24, 2.45) is 0 Å². The number of piperidine rings is 1. The summed E-state index contributed by atoms with van der Waals surface area (Å²) in [5, 5.41) is 0. The first kappa shape index (κ1) is 27.7. The van der Waals surface area contributed by atoms with Crippen LogP contribution in [0.15, 0.2) is 0 Å². The third-order valence-corrected chi connectivity index (χ3v) is 4.93. The van der Waals surface area contributed by atoms with E-state index in [-0.39, 0.29) is 25.9 Å². The number of amides is 1. The summed E-state index contributed by atoms with van der Waals surface area (Å²) >= 11 is 0. The van der Waals surface area contributed by atoms with E-state index in [2.05, 4.69) is 4.74 Å². The molecule has 1 fully saturated rings. The molecule has 1 saturated heterocycles. The monoisotopic (exact) mass is 488 g/mol. The topological polar surface area (TPSA) is 105 Å². The minimum Gasteiger partial charge on any atom is -0.748 e. The van der Waals surface area contributed by atoms with E-state index >= 15 is 0 Å².